The fourth-order valence-corrected chi connectivity index (χ4v) is 8.16. The molecule has 3 amide bonds. The highest BCUT2D eigenvalue weighted by Crippen LogP contribution is 2.33. The minimum Gasteiger partial charge on any atom is -0.378 e. The highest BCUT2D eigenvalue weighted by Gasteiger charge is 2.32. The van der Waals surface area contributed by atoms with Crippen LogP contribution in [0.25, 0.3) is 0 Å². The first-order valence-corrected chi connectivity index (χ1v) is 23.5. The van der Waals surface area contributed by atoms with E-state index in [1.165, 1.54) is 24.4 Å². The van der Waals surface area contributed by atoms with Crippen LogP contribution in [0.5, 0.6) is 0 Å². The summed E-state index contributed by atoms with van der Waals surface area (Å²) in [5, 5.41) is 9.61. The Morgan fingerprint density at radius 2 is 1.57 bits per heavy atom. The average molecular weight is 953 g/mol. The van der Waals surface area contributed by atoms with Gasteiger partial charge in [-0.15, -0.1) is 0 Å². The van der Waals surface area contributed by atoms with Crippen molar-refractivity contribution in [1.82, 2.24) is 15.5 Å². The number of anilines is 1. The van der Waals surface area contributed by atoms with Gasteiger partial charge in [0.05, 0.1) is 68.9 Å². The van der Waals surface area contributed by atoms with Gasteiger partial charge in [-0.25, -0.2) is 13.8 Å². The van der Waals surface area contributed by atoms with Gasteiger partial charge < -0.3 is 35.1 Å². The van der Waals surface area contributed by atoms with E-state index in [1.54, 1.807) is 42.5 Å². The number of carbonyl (C=O) groups excluding carboxylic acids is 3. The van der Waals surface area contributed by atoms with Crippen molar-refractivity contribution in [3.63, 3.8) is 0 Å². The minimum absolute atomic E-state index is 0.0201. The summed E-state index contributed by atoms with van der Waals surface area (Å²) >= 11 is 6.37. The van der Waals surface area contributed by atoms with Gasteiger partial charge in [-0.05, 0) is 100 Å². The van der Waals surface area contributed by atoms with Crippen LogP contribution in [-0.2, 0) is 25.5 Å². The molecule has 0 aromatic heterocycles. The van der Waals surface area contributed by atoms with E-state index >= 15 is 0 Å². The summed E-state index contributed by atoms with van der Waals surface area (Å²) in [6.07, 6.45) is 6.58. The summed E-state index contributed by atoms with van der Waals surface area (Å²) in [7, 11) is 0. The number of halogens is 3. The first-order valence-electron chi connectivity index (χ1n) is 23.2. The van der Waals surface area contributed by atoms with Gasteiger partial charge >= 0.3 is 0 Å². The molecule has 2 aliphatic heterocycles. The van der Waals surface area contributed by atoms with Gasteiger partial charge in [0, 0.05) is 82.4 Å². The van der Waals surface area contributed by atoms with E-state index < -0.39 is 11.6 Å². The number of fused-ring (bicyclic) bond motifs is 2. The summed E-state index contributed by atoms with van der Waals surface area (Å²) in [5.41, 5.74) is 5.12. The summed E-state index contributed by atoms with van der Waals surface area (Å²) in [5.74, 6) is -1.77. The lowest BCUT2D eigenvalue weighted by Gasteiger charge is -2.23. The van der Waals surface area contributed by atoms with Crippen LogP contribution in [0.2, 0.25) is 5.02 Å². The number of carbonyl (C=O) groups is 3. The first kappa shape index (κ1) is 51.4. The van der Waals surface area contributed by atoms with Crippen molar-refractivity contribution in [3.05, 3.63) is 141 Å². The molecular formula is C52H60ClF2N7O6. The molecule has 0 spiro atoms. The van der Waals surface area contributed by atoms with Gasteiger partial charge in [-0.3, -0.25) is 24.4 Å². The number of hydrogen-bond donors (Lipinski definition) is 3. The molecule has 0 aliphatic carbocycles. The fraction of sp³-hybridized carbons (Fsp3) is 0.385. The Balaban J connectivity index is 0.799. The predicted molar refractivity (Wildman–Crippen MR) is 264 cm³/mol. The van der Waals surface area contributed by atoms with Crippen molar-refractivity contribution in [2.75, 3.05) is 71.1 Å². The third-order valence-electron chi connectivity index (χ3n) is 11.5. The van der Waals surface area contributed by atoms with Crippen molar-refractivity contribution in [2.45, 2.75) is 65.0 Å². The maximum absolute atomic E-state index is 15.0. The highest BCUT2D eigenvalue weighted by molar-refractivity contribution is 6.32. The van der Waals surface area contributed by atoms with E-state index in [4.69, 9.17) is 30.8 Å². The standard InChI is InChI=1S/C52H60ClF2N7O6/c1-4-10-35(2)62-34-43-41(52(62)65)11-8-14-46(43)61-47(63)15-6-5-7-22-57-23-25-66-27-29-68-30-28-67-26-24-58-51(64)36-16-19-39(20-17-36)60-49-37(32-56-3)33-59-50(42-31-38(53)18-21-40(42)49)48-44(54)12-9-13-45(48)55/h8-9,11-14,16-21,31-32,35,57H,3-7,10,15,22-30,33-34H2,1-2H3,(H,58,64)(H,61,63)/b37-32-,60-49?. The second-order valence-corrected chi connectivity index (χ2v) is 16.8. The number of nitrogens with zero attached hydrogens (tertiary/aromatic N) is 4. The normalized spacial score (nSPS) is 14.9. The summed E-state index contributed by atoms with van der Waals surface area (Å²) in [4.78, 5) is 53.7. The van der Waals surface area contributed by atoms with Gasteiger partial charge in [0.25, 0.3) is 11.8 Å². The number of benzene rings is 4. The molecule has 0 saturated heterocycles. The SMILES string of the molecule is C=N/C=C1/CN=C(c2c(F)cccc2F)c2cc(Cl)ccc2C1=Nc1ccc(C(=O)NCCOCCOCCOCCNCCCCCC(=O)Nc2cccc3c2CN(C(C)CCC)C3=O)cc1. The zero-order valence-corrected chi connectivity index (χ0v) is 39.5. The lowest BCUT2D eigenvalue weighted by atomic mass is 9.93. The Morgan fingerprint density at radius 1 is 0.868 bits per heavy atom. The van der Waals surface area contributed by atoms with E-state index in [1.807, 2.05) is 23.1 Å². The molecule has 4 aromatic carbocycles. The summed E-state index contributed by atoms with van der Waals surface area (Å²) < 4.78 is 46.8. The molecule has 360 valence electrons. The lowest BCUT2D eigenvalue weighted by molar-refractivity contribution is -0.116. The van der Waals surface area contributed by atoms with Crippen LogP contribution < -0.4 is 16.0 Å². The molecular weight excluding hydrogens is 892 g/mol. The van der Waals surface area contributed by atoms with Crippen molar-refractivity contribution in [1.29, 1.82) is 0 Å². The van der Waals surface area contributed by atoms with E-state index in [2.05, 4.69) is 46.5 Å². The molecule has 1 atom stereocenters. The maximum Gasteiger partial charge on any atom is 0.254 e. The van der Waals surface area contributed by atoms with Crippen LogP contribution in [0.1, 0.15) is 95.3 Å². The topological polar surface area (TPSA) is 155 Å². The Hall–Kier alpha value is -5.97. The van der Waals surface area contributed by atoms with Crippen molar-refractivity contribution < 1.29 is 37.4 Å². The molecule has 4 aromatic rings. The third-order valence-corrected chi connectivity index (χ3v) is 11.7. The Morgan fingerprint density at radius 3 is 2.29 bits per heavy atom. The molecule has 16 heteroatoms. The molecule has 0 radical (unpaired) electrons. The number of aliphatic imine (C=N–C) groups is 3. The number of hydrogen-bond acceptors (Lipinski definition) is 10. The predicted octanol–water partition coefficient (Wildman–Crippen LogP) is 8.89. The second kappa shape index (κ2) is 26.5. The fourth-order valence-electron chi connectivity index (χ4n) is 7.99. The van der Waals surface area contributed by atoms with Crippen molar-refractivity contribution in [2.24, 2.45) is 15.0 Å². The van der Waals surface area contributed by atoms with Gasteiger partial charge in [0.2, 0.25) is 5.91 Å². The molecule has 6 rings (SSSR count). The van der Waals surface area contributed by atoms with Crippen LogP contribution in [-0.4, -0.2) is 113 Å². The smallest absolute Gasteiger partial charge is 0.254 e. The molecule has 1 unspecified atom stereocenters. The van der Waals surface area contributed by atoms with Crippen LogP contribution in [0.15, 0.2) is 106 Å². The second-order valence-electron chi connectivity index (χ2n) is 16.4. The molecule has 2 heterocycles. The molecule has 3 N–H and O–H groups in total. The van der Waals surface area contributed by atoms with E-state index in [9.17, 15) is 23.2 Å². The minimum atomic E-state index is -0.755. The number of rotatable bonds is 26. The maximum atomic E-state index is 15.0. The third kappa shape index (κ3) is 14.3. The van der Waals surface area contributed by atoms with Crippen molar-refractivity contribution >= 4 is 58.8 Å². The van der Waals surface area contributed by atoms with Crippen LogP contribution in [0.4, 0.5) is 20.2 Å². The number of nitrogens with one attached hydrogen (secondary N) is 3. The van der Waals surface area contributed by atoms with Crippen molar-refractivity contribution in [3.8, 4) is 0 Å². The van der Waals surface area contributed by atoms with Gasteiger partial charge in [-0.2, -0.15) is 0 Å². The largest absolute Gasteiger partial charge is 0.378 e. The first-order chi connectivity index (χ1) is 33.1. The average Bonchev–Trinajstić information content (AvgIpc) is 3.60. The van der Waals surface area contributed by atoms with Gasteiger partial charge in [-0.1, -0.05) is 49.6 Å². The summed E-state index contributed by atoms with van der Waals surface area (Å²) in [6.45, 7) is 12.7. The zero-order valence-electron chi connectivity index (χ0n) is 38.8. The Kier molecular flexibility index (Phi) is 20.1. The van der Waals surface area contributed by atoms with Crippen LogP contribution in [0.3, 0.4) is 0 Å². The Labute approximate surface area is 402 Å². The quantitative estimate of drug-likeness (QED) is 0.0420. The highest BCUT2D eigenvalue weighted by atomic mass is 35.5. The zero-order chi connectivity index (χ0) is 48.3. The van der Waals surface area contributed by atoms with Gasteiger partial charge in [0.15, 0.2) is 0 Å². The molecule has 2 aliphatic rings. The molecule has 0 saturated carbocycles. The van der Waals surface area contributed by atoms with E-state index in [-0.39, 0.29) is 41.6 Å². The molecule has 0 fully saturated rings. The molecule has 68 heavy (non-hydrogen) atoms. The van der Waals surface area contributed by atoms with Crippen LogP contribution in [0, 0.1) is 11.6 Å². The number of ether oxygens (including phenoxy) is 3. The molecule has 13 nitrogen and oxygen atoms in total. The Bertz CT molecular complexity index is 2460. The lowest BCUT2D eigenvalue weighted by Crippen LogP contribution is -2.33. The van der Waals surface area contributed by atoms with Crippen LogP contribution >= 0.6 is 11.6 Å². The summed E-state index contributed by atoms with van der Waals surface area (Å²) in [6, 6.07) is 21.1. The van der Waals surface area contributed by atoms with E-state index in [0.717, 1.165) is 56.4 Å². The molecule has 0 bridgehead atoms. The number of unbranched alkanes of at least 4 members (excludes halogenated alkanes) is 2. The van der Waals surface area contributed by atoms with Gasteiger partial charge in [0.1, 0.15) is 11.6 Å². The monoisotopic (exact) mass is 951 g/mol. The van der Waals surface area contributed by atoms with E-state index in [0.29, 0.717) is 103 Å². The number of amides is 3.